The fourth-order valence-electron chi connectivity index (χ4n) is 1.63. The number of nitrogens with zero attached hydrogens (tertiary/aromatic N) is 1. The SMILES string of the molecule is Cl.Nc1ccccc1CC(=O)N1CC(O)C1. The van der Waals surface area contributed by atoms with E-state index in [1.54, 1.807) is 11.0 Å². The molecule has 0 aromatic heterocycles. The van der Waals surface area contributed by atoms with Crippen molar-refractivity contribution in [3.8, 4) is 0 Å². The van der Waals surface area contributed by atoms with Crippen molar-refractivity contribution in [3.63, 3.8) is 0 Å². The van der Waals surface area contributed by atoms with E-state index in [1.165, 1.54) is 0 Å². The van der Waals surface area contributed by atoms with Crippen LogP contribution < -0.4 is 5.73 Å². The molecule has 0 unspecified atom stereocenters. The molecule has 1 amide bonds. The van der Waals surface area contributed by atoms with Crippen LogP contribution in [-0.2, 0) is 11.2 Å². The van der Waals surface area contributed by atoms with Gasteiger partial charge in [0, 0.05) is 18.8 Å². The number of likely N-dealkylation sites (tertiary alicyclic amines) is 1. The molecule has 0 bridgehead atoms. The number of aliphatic hydroxyl groups excluding tert-OH is 1. The Bertz CT molecular complexity index is 378. The molecule has 3 N–H and O–H groups in total. The average molecular weight is 243 g/mol. The maximum atomic E-state index is 11.7. The molecule has 1 aliphatic heterocycles. The van der Waals surface area contributed by atoms with Crippen LogP contribution >= 0.6 is 12.4 Å². The Morgan fingerprint density at radius 3 is 2.62 bits per heavy atom. The number of benzene rings is 1. The Balaban J connectivity index is 0.00000128. The fourth-order valence-corrected chi connectivity index (χ4v) is 1.63. The summed E-state index contributed by atoms with van der Waals surface area (Å²) in [6.45, 7) is 0.900. The van der Waals surface area contributed by atoms with Crippen molar-refractivity contribution in [1.29, 1.82) is 0 Å². The van der Waals surface area contributed by atoms with Crippen molar-refractivity contribution in [3.05, 3.63) is 29.8 Å². The normalized spacial score (nSPS) is 15.2. The minimum Gasteiger partial charge on any atom is -0.398 e. The van der Waals surface area contributed by atoms with Crippen LogP contribution in [0.4, 0.5) is 5.69 Å². The van der Waals surface area contributed by atoms with Crippen LogP contribution in [0.1, 0.15) is 5.56 Å². The minimum absolute atomic E-state index is 0. The van der Waals surface area contributed by atoms with Crippen molar-refractivity contribution in [2.24, 2.45) is 0 Å². The zero-order valence-electron chi connectivity index (χ0n) is 8.80. The highest BCUT2D eigenvalue weighted by Crippen LogP contribution is 2.15. The van der Waals surface area contributed by atoms with E-state index in [4.69, 9.17) is 10.8 Å². The number of anilines is 1. The predicted molar refractivity (Wildman–Crippen MR) is 64.4 cm³/mol. The number of carbonyl (C=O) groups is 1. The van der Waals surface area contributed by atoms with Gasteiger partial charge in [-0.25, -0.2) is 0 Å². The van der Waals surface area contributed by atoms with Crippen LogP contribution in [0.5, 0.6) is 0 Å². The van der Waals surface area contributed by atoms with Crippen molar-refractivity contribution in [2.75, 3.05) is 18.8 Å². The molecule has 5 heteroatoms. The minimum atomic E-state index is -0.345. The number of halogens is 1. The van der Waals surface area contributed by atoms with Crippen LogP contribution in [-0.4, -0.2) is 35.1 Å². The van der Waals surface area contributed by atoms with Crippen LogP contribution in [0.2, 0.25) is 0 Å². The Labute approximate surface area is 100 Å². The van der Waals surface area contributed by atoms with Crippen molar-refractivity contribution in [1.82, 2.24) is 4.90 Å². The summed E-state index contributed by atoms with van der Waals surface area (Å²) in [7, 11) is 0. The molecule has 1 aliphatic rings. The second-order valence-electron chi connectivity index (χ2n) is 3.83. The van der Waals surface area contributed by atoms with Crippen LogP contribution in [0, 0.1) is 0 Å². The Kier molecular flexibility index (Phi) is 4.15. The molecule has 88 valence electrons. The molecule has 0 radical (unpaired) electrons. The second kappa shape index (κ2) is 5.18. The molecule has 16 heavy (non-hydrogen) atoms. The fraction of sp³-hybridized carbons (Fsp3) is 0.364. The van der Waals surface area contributed by atoms with Crippen LogP contribution in [0.3, 0.4) is 0 Å². The Hall–Kier alpha value is -1.26. The number of rotatable bonds is 2. The summed E-state index contributed by atoms with van der Waals surface area (Å²) in [5.74, 6) is 0.0261. The van der Waals surface area contributed by atoms with Crippen molar-refractivity contribution < 1.29 is 9.90 Å². The first-order chi connectivity index (χ1) is 7.16. The first-order valence-corrected chi connectivity index (χ1v) is 4.96. The van der Waals surface area contributed by atoms with Gasteiger partial charge >= 0.3 is 0 Å². The molecular weight excluding hydrogens is 228 g/mol. The zero-order valence-corrected chi connectivity index (χ0v) is 9.61. The van der Waals surface area contributed by atoms with Crippen LogP contribution in [0.25, 0.3) is 0 Å². The number of amides is 1. The highest BCUT2D eigenvalue weighted by molar-refractivity contribution is 5.85. The molecule has 1 aromatic rings. The summed E-state index contributed by atoms with van der Waals surface area (Å²) in [5, 5.41) is 9.07. The smallest absolute Gasteiger partial charge is 0.227 e. The monoisotopic (exact) mass is 242 g/mol. The maximum absolute atomic E-state index is 11.7. The predicted octanol–water partition coefficient (Wildman–Crippen LogP) is 0.436. The highest BCUT2D eigenvalue weighted by atomic mass is 35.5. The maximum Gasteiger partial charge on any atom is 0.227 e. The van der Waals surface area contributed by atoms with Gasteiger partial charge in [-0.2, -0.15) is 0 Å². The summed E-state index contributed by atoms with van der Waals surface area (Å²) in [5.41, 5.74) is 7.23. The van der Waals surface area contributed by atoms with E-state index in [2.05, 4.69) is 0 Å². The third kappa shape index (κ3) is 2.65. The van der Waals surface area contributed by atoms with Gasteiger partial charge in [0.1, 0.15) is 0 Å². The lowest BCUT2D eigenvalue weighted by Crippen LogP contribution is -2.53. The summed E-state index contributed by atoms with van der Waals surface area (Å²) >= 11 is 0. The van der Waals surface area contributed by atoms with Gasteiger partial charge in [0.15, 0.2) is 0 Å². The molecule has 1 heterocycles. The van der Waals surface area contributed by atoms with E-state index in [1.807, 2.05) is 18.2 Å². The molecule has 4 nitrogen and oxygen atoms in total. The first-order valence-electron chi connectivity index (χ1n) is 4.96. The number of carbonyl (C=O) groups excluding carboxylic acids is 1. The van der Waals surface area contributed by atoms with E-state index in [0.29, 0.717) is 25.2 Å². The van der Waals surface area contributed by atoms with E-state index < -0.39 is 0 Å². The van der Waals surface area contributed by atoms with Gasteiger partial charge in [-0.05, 0) is 11.6 Å². The molecular formula is C11H15ClN2O2. The largest absolute Gasteiger partial charge is 0.398 e. The lowest BCUT2D eigenvalue weighted by Gasteiger charge is -2.36. The molecule has 1 aromatic carbocycles. The van der Waals surface area contributed by atoms with Crippen molar-refractivity contribution >= 4 is 24.0 Å². The number of nitrogen functional groups attached to an aromatic ring is 1. The second-order valence-corrected chi connectivity index (χ2v) is 3.83. The van der Waals surface area contributed by atoms with Gasteiger partial charge in [-0.3, -0.25) is 4.79 Å². The lowest BCUT2D eigenvalue weighted by atomic mass is 10.1. The zero-order chi connectivity index (χ0) is 10.8. The van der Waals surface area contributed by atoms with Gasteiger partial charge in [0.05, 0.1) is 12.5 Å². The summed E-state index contributed by atoms with van der Waals surface area (Å²) in [6, 6.07) is 7.34. The number of nitrogens with two attached hydrogens (primary N) is 1. The lowest BCUT2D eigenvalue weighted by molar-refractivity contribution is -0.140. The number of hydrogen-bond acceptors (Lipinski definition) is 3. The molecule has 0 aliphatic carbocycles. The summed E-state index contributed by atoms with van der Waals surface area (Å²) in [4.78, 5) is 13.3. The van der Waals surface area contributed by atoms with Crippen LogP contribution in [0.15, 0.2) is 24.3 Å². The summed E-state index contributed by atoms with van der Waals surface area (Å²) in [6.07, 6.45) is -0.0265. The standard InChI is InChI=1S/C11H14N2O2.ClH/c12-10-4-2-1-3-8(10)5-11(15)13-6-9(14)7-13;/h1-4,9,14H,5-7,12H2;1H. The molecule has 0 atom stereocenters. The number of aliphatic hydroxyl groups is 1. The first kappa shape index (κ1) is 12.8. The quantitative estimate of drug-likeness (QED) is 0.740. The molecule has 1 fully saturated rings. The topological polar surface area (TPSA) is 66.6 Å². The van der Waals surface area contributed by atoms with E-state index in [-0.39, 0.29) is 24.4 Å². The van der Waals surface area contributed by atoms with Gasteiger partial charge in [0.25, 0.3) is 0 Å². The number of hydrogen-bond donors (Lipinski definition) is 2. The molecule has 0 spiro atoms. The number of para-hydroxylation sites is 1. The van der Waals surface area contributed by atoms with Crippen molar-refractivity contribution in [2.45, 2.75) is 12.5 Å². The third-order valence-electron chi connectivity index (χ3n) is 2.61. The molecule has 0 saturated carbocycles. The third-order valence-corrected chi connectivity index (χ3v) is 2.61. The van der Waals surface area contributed by atoms with Gasteiger partial charge in [-0.15, -0.1) is 12.4 Å². The Morgan fingerprint density at radius 1 is 1.44 bits per heavy atom. The van der Waals surface area contributed by atoms with E-state index in [9.17, 15) is 4.79 Å². The van der Waals surface area contributed by atoms with Gasteiger partial charge in [0.2, 0.25) is 5.91 Å². The number of β-amino-alcohol motifs (C(OH)–C–C–N with tert-alkyl or cyclic N) is 1. The van der Waals surface area contributed by atoms with E-state index in [0.717, 1.165) is 5.56 Å². The average Bonchev–Trinajstić information content (AvgIpc) is 2.17. The summed E-state index contributed by atoms with van der Waals surface area (Å²) < 4.78 is 0. The van der Waals surface area contributed by atoms with Gasteiger partial charge < -0.3 is 15.7 Å². The highest BCUT2D eigenvalue weighted by Gasteiger charge is 2.28. The van der Waals surface area contributed by atoms with E-state index >= 15 is 0 Å². The Morgan fingerprint density at radius 2 is 2.06 bits per heavy atom. The molecule has 1 saturated heterocycles. The molecule has 2 rings (SSSR count). The van der Waals surface area contributed by atoms with Gasteiger partial charge in [-0.1, -0.05) is 18.2 Å².